The summed E-state index contributed by atoms with van der Waals surface area (Å²) < 4.78 is 6.12. The number of benzene rings is 1. The lowest BCUT2D eigenvalue weighted by molar-refractivity contribution is -0.0659. The summed E-state index contributed by atoms with van der Waals surface area (Å²) in [7, 11) is 0. The van der Waals surface area contributed by atoms with E-state index >= 15 is 0 Å². The zero-order chi connectivity index (χ0) is 9.97. The molecule has 0 saturated carbocycles. The van der Waals surface area contributed by atoms with Crippen molar-refractivity contribution in [3.63, 3.8) is 0 Å². The second-order valence-electron chi connectivity index (χ2n) is 4.83. The van der Waals surface area contributed by atoms with E-state index in [2.05, 4.69) is 19.9 Å². The van der Waals surface area contributed by atoms with Gasteiger partial charge in [-0.2, -0.15) is 0 Å². The van der Waals surface area contributed by atoms with Gasteiger partial charge >= 0.3 is 0 Å². The molecule has 2 N–H and O–H groups in total. The third-order valence-corrected chi connectivity index (χ3v) is 3.72. The van der Waals surface area contributed by atoms with Crippen LogP contribution in [-0.4, -0.2) is 0 Å². The molecule has 0 radical (unpaired) electrons. The van der Waals surface area contributed by atoms with Crippen molar-refractivity contribution in [2.75, 3.05) is 5.73 Å². The Bertz CT molecular complexity index is 415. The number of anilines is 1. The largest absolute Gasteiger partial charge is 0.398 e. The second-order valence-corrected chi connectivity index (χ2v) is 4.83. The Hall–Kier alpha value is -1.02. The average Bonchev–Trinajstić information content (AvgIpc) is 2.54. The number of nitrogens with two attached hydrogens (primary N) is 1. The van der Waals surface area contributed by atoms with Crippen LogP contribution >= 0.6 is 0 Å². The molecule has 2 atom stereocenters. The summed E-state index contributed by atoms with van der Waals surface area (Å²) in [5.74, 6) is 0. The second kappa shape index (κ2) is 2.14. The van der Waals surface area contributed by atoms with Gasteiger partial charge in [-0.25, -0.2) is 0 Å². The molecule has 1 aromatic rings. The minimum absolute atomic E-state index is 0.0839. The van der Waals surface area contributed by atoms with E-state index in [-0.39, 0.29) is 11.2 Å². The maximum atomic E-state index is 6.12. The Kier molecular flexibility index (Phi) is 1.27. The number of nitrogen functional groups attached to an aromatic ring is 1. The normalized spacial score (nSPS) is 38.7. The van der Waals surface area contributed by atoms with E-state index in [0.717, 1.165) is 18.5 Å². The van der Waals surface area contributed by atoms with E-state index < -0.39 is 0 Å². The van der Waals surface area contributed by atoms with Gasteiger partial charge in [0.25, 0.3) is 0 Å². The maximum Gasteiger partial charge on any atom is 0.0940 e. The third-order valence-electron chi connectivity index (χ3n) is 3.72. The fraction of sp³-hybridized carbons (Fsp3) is 0.500. The zero-order valence-corrected chi connectivity index (χ0v) is 8.63. The summed E-state index contributed by atoms with van der Waals surface area (Å²) in [5.41, 5.74) is 9.22. The standard InChI is InChI=1S/C12H15NO/c1-11-6-7-12(2,14-11)10-8(11)4-3-5-9(10)13/h3-5H,6-7,13H2,1-2H3. The van der Waals surface area contributed by atoms with Crippen LogP contribution in [0.2, 0.25) is 0 Å². The molecule has 0 aliphatic carbocycles. The van der Waals surface area contributed by atoms with Gasteiger partial charge in [0.15, 0.2) is 0 Å². The Labute approximate surface area is 84.1 Å². The molecule has 74 valence electrons. The van der Waals surface area contributed by atoms with Crippen LogP contribution in [0, 0.1) is 0 Å². The van der Waals surface area contributed by atoms with Gasteiger partial charge in [0.05, 0.1) is 11.2 Å². The van der Waals surface area contributed by atoms with E-state index in [1.807, 2.05) is 12.1 Å². The van der Waals surface area contributed by atoms with Gasteiger partial charge in [-0.05, 0) is 38.3 Å². The van der Waals surface area contributed by atoms with E-state index in [9.17, 15) is 0 Å². The first-order chi connectivity index (χ1) is 6.55. The van der Waals surface area contributed by atoms with Crippen molar-refractivity contribution in [2.24, 2.45) is 0 Å². The summed E-state index contributed by atoms with van der Waals surface area (Å²) in [6, 6.07) is 6.14. The molecule has 3 rings (SSSR count). The van der Waals surface area contributed by atoms with Crippen LogP contribution in [0.15, 0.2) is 18.2 Å². The van der Waals surface area contributed by atoms with Crippen LogP contribution in [-0.2, 0) is 15.9 Å². The topological polar surface area (TPSA) is 35.2 Å². The molecule has 0 amide bonds. The first-order valence-corrected chi connectivity index (χ1v) is 5.15. The van der Waals surface area contributed by atoms with Crippen molar-refractivity contribution in [1.82, 2.24) is 0 Å². The van der Waals surface area contributed by atoms with E-state index in [1.54, 1.807) is 0 Å². The Morgan fingerprint density at radius 3 is 2.64 bits per heavy atom. The quantitative estimate of drug-likeness (QED) is 0.636. The van der Waals surface area contributed by atoms with E-state index in [1.165, 1.54) is 11.1 Å². The summed E-state index contributed by atoms with van der Waals surface area (Å²) in [4.78, 5) is 0. The van der Waals surface area contributed by atoms with Crippen LogP contribution in [0.5, 0.6) is 0 Å². The summed E-state index contributed by atoms with van der Waals surface area (Å²) in [6.07, 6.45) is 2.20. The fourth-order valence-corrected chi connectivity index (χ4v) is 3.04. The molecule has 2 heterocycles. The highest BCUT2D eigenvalue weighted by Gasteiger charge is 2.55. The van der Waals surface area contributed by atoms with Crippen molar-refractivity contribution in [1.29, 1.82) is 0 Å². The van der Waals surface area contributed by atoms with Gasteiger partial charge in [-0.15, -0.1) is 0 Å². The number of rotatable bonds is 0. The van der Waals surface area contributed by atoms with Crippen molar-refractivity contribution in [2.45, 2.75) is 37.9 Å². The maximum absolute atomic E-state index is 6.12. The first-order valence-electron chi connectivity index (χ1n) is 5.15. The van der Waals surface area contributed by atoms with Crippen LogP contribution in [0.1, 0.15) is 37.8 Å². The number of hydrogen-bond acceptors (Lipinski definition) is 2. The van der Waals surface area contributed by atoms with Gasteiger partial charge in [-0.3, -0.25) is 0 Å². The van der Waals surface area contributed by atoms with Crippen molar-refractivity contribution in [3.05, 3.63) is 29.3 Å². The highest BCUT2D eigenvalue weighted by molar-refractivity contribution is 5.59. The predicted octanol–water partition coefficient (Wildman–Crippen LogP) is 2.52. The van der Waals surface area contributed by atoms with Crippen LogP contribution in [0.4, 0.5) is 5.69 Å². The molecule has 2 aliphatic rings. The number of fused-ring (bicyclic) bond motifs is 5. The molecule has 2 heteroatoms. The van der Waals surface area contributed by atoms with Crippen LogP contribution in [0.3, 0.4) is 0 Å². The number of hydrogen-bond donors (Lipinski definition) is 1. The molecule has 1 aromatic carbocycles. The monoisotopic (exact) mass is 189 g/mol. The van der Waals surface area contributed by atoms with Crippen LogP contribution in [0.25, 0.3) is 0 Å². The predicted molar refractivity (Wildman–Crippen MR) is 55.9 cm³/mol. The fourth-order valence-electron chi connectivity index (χ4n) is 3.04. The molecule has 2 bridgehead atoms. The van der Waals surface area contributed by atoms with Crippen LogP contribution < -0.4 is 5.73 Å². The Balaban J connectivity index is 2.34. The highest BCUT2D eigenvalue weighted by atomic mass is 16.5. The first kappa shape index (κ1) is 8.30. The molecule has 0 spiro atoms. The molecule has 14 heavy (non-hydrogen) atoms. The Morgan fingerprint density at radius 1 is 1.21 bits per heavy atom. The minimum Gasteiger partial charge on any atom is -0.398 e. The van der Waals surface area contributed by atoms with E-state index in [0.29, 0.717) is 0 Å². The molecule has 1 saturated heterocycles. The van der Waals surface area contributed by atoms with Crippen molar-refractivity contribution < 1.29 is 4.74 Å². The summed E-state index contributed by atoms with van der Waals surface area (Å²) >= 11 is 0. The average molecular weight is 189 g/mol. The van der Waals surface area contributed by atoms with E-state index in [4.69, 9.17) is 10.5 Å². The molecular formula is C12H15NO. The minimum atomic E-state index is -0.130. The molecule has 2 unspecified atom stereocenters. The molecule has 2 aliphatic heterocycles. The van der Waals surface area contributed by atoms with Gasteiger partial charge in [0.1, 0.15) is 0 Å². The SMILES string of the molecule is CC12CCC(C)(O1)c1c(N)cccc12. The summed E-state index contributed by atoms with van der Waals surface area (Å²) in [6.45, 7) is 4.32. The lowest BCUT2D eigenvalue weighted by Gasteiger charge is -2.23. The lowest BCUT2D eigenvalue weighted by Crippen LogP contribution is -2.19. The van der Waals surface area contributed by atoms with Crippen molar-refractivity contribution in [3.8, 4) is 0 Å². The molecule has 2 nitrogen and oxygen atoms in total. The molecular weight excluding hydrogens is 174 g/mol. The zero-order valence-electron chi connectivity index (χ0n) is 8.63. The number of ether oxygens (including phenoxy) is 1. The van der Waals surface area contributed by atoms with Gasteiger partial charge in [0.2, 0.25) is 0 Å². The summed E-state index contributed by atoms with van der Waals surface area (Å²) in [5, 5.41) is 0. The van der Waals surface area contributed by atoms with Crippen molar-refractivity contribution >= 4 is 5.69 Å². The smallest absolute Gasteiger partial charge is 0.0940 e. The van der Waals surface area contributed by atoms with Gasteiger partial charge in [-0.1, -0.05) is 12.1 Å². The van der Waals surface area contributed by atoms with Gasteiger partial charge < -0.3 is 10.5 Å². The molecule has 0 aromatic heterocycles. The molecule has 1 fully saturated rings. The highest BCUT2D eigenvalue weighted by Crippen LogP contribution is 2.59. The third kappa shape index (κ3) is 0.758. The Morgan fingerprint density at radius 2 is 1.93 bits per heavy atom. The lowest BCUT2D eigenvalue weighted by atomic mass is 9.77. The van der Waals surface area contributed by atoms with Gasteiger partial charge in [0, 0.05) is 11.3 Å².